The number of rotatable bonds is 3. The molecule has 35 heavy (non-hydrogen) atoms. The number of halogens is 1. The zero-order chi connectivity index (χ0) is 24.4. The van der Waals surface area contributed by atoms with Gasteiger partial charge in [0.2, 0.25) is 5.89 Å². The molecule has 3 aromatic carbocycles. The summed E-state index contributed by atoms with van der Waals surface area (Å²) in [6, 6.07) is 20.7. The van der Waals surface area contributed by atoms with Gasteiger partial charge in [-0.3, -0.25) is 4.79 Å². The maximum atomic E-state index is 8.36. The first-order chi connectivity index (χ1) is 17.1. The Hall–Kier alpha value is -3.68. The van der Waals surface area contributed by atoms with Crippen LogP contribution in [-0.4, -0.2) is 39.3 Å². The molecule has 0 atom stereocenters. The molecular formula is C27H24ClN3O4. The number of benzene rings is 3. The zero-order valence-corrected chi connectivity index (χ0v) is 19.9. The van der Waals surface area contributed by atoms with Crippen LogP contribution < -0.4 is 0 Å². The number of hydrogen-bond acceptors (Lipinski definition) is 5. The molecule has 0 bridgehead atoms. The van der Waals surface area contributed by atoms with Crippen molar-refractivity contribution in [2.24, 2.45) is 0 Å². The van der Waals surface area contributed by atoms with E-state index >= 15 is 0 Å². The second-order valence-electron chi connectivity index (χ2n) is 8.45. The van der Waals surface area contributed by atoms with Gasteiger partial charge in [-0.05, 0) is 56.2 Å². The maximum Gasteiger partial charge on any atom is 0.290 e. The third kappa shape index (κ3) is 4.65. The maximum absolute atomic E-state index is 8.36. The first-order valence-electron chi connectivity index (χ1n) is 11.4. The van der Waals surface area contributed by atoms with Gasteiger partial charge in [-0.25, -0.2) is 9.97 Å². The number of imidazole rings is 1. The Morgan fingerprint density at radius 3 is 2.43 bits per heavy atom. The van der Waals surface area contributed by atoms with Gasteiger partial charge in [0, 0.05) is 35.4 Å². The van der Waals surface area contributed by atoms with E-state index in [1.54, 1.807) is 0 Å². The second-order valence-corrected chi connectivity index (χ2v) is 8.89. The van der Waals surface area contributed by atoms with Crippen LogP contribution >= 0.6 is 11.6 Å². The van der Waals surface area contributed by atoms with Crippen LogP contribution in [0.5, 0.6) is 0 Å². The Bertz CT molecular complexity index is 1480. The number of aromatic nitrogens is 3. The minimum atomic E-state index is -0.250. The summed E-state index contributed by atoms with van der Waals surface area (Å²) in [5, 5.41) is 7.53. The molecule has 1 N–H and O–H groups in total. The Morgan fingerprint density at radius 2 is 1.69 bits per heavy atom. The lowest BCUT2D eigenvalue weighted by Gasteiger charge is -2.26. The molecule has 0 unspecified atom stereocenters. The molecule has 8 heteroatoms. The molecule has 5 aromatic rings. The molecule has 178 valence electrons. The van der Waals surface area contributed by atoms with E-state index in [4.69, 9.17) is 35.6 Å². The Kier molecular flexibility index (Phi) is 6.53. The van der Waals surface area contributed by atoms with Gasteiger partial charge in [0.05, 0.1) is 11.0 Å². The van der Waals surface area contributed by atoms with Crippen LogP contribution in [0.15, 0.2) is 65.1 Å². The van der Waals surface area contributed by atoms with Crippen molar-refractivity contribution in [3.05, 3.63) is 71.2 Å². The summed E-state index contributed by atoms with van der Waals surface area (Å²) in [6.07, 6.45) is 1.97. The van der Waals surface area contributed by atoms with Crippen molar-refractivity contribution in [3.63, 3.8) is 0 Å². The van der Waals surface area contributed by atoms with E-state index in [1.807, 2.05) is 18.2 Å². The molecule has 1 saturated heterocycles. The monoisotopic (exact) mass is 489 g/mol. The van der Waals surface area contributed by atoms with Gasteiger partial charge in [0.1, 0.15) is 11.3 Å². The minimum Gasteiger partial charge on any atom is -0.483 e. The van der Waals surface area contributed by atoms with Crippen LogP contribution in [0, 0.1) is 6.92 Å². The van der Waals surface area contributed by atoms with Crippen LogP contribution in [0.3, 0.4) is 0 Å². The quantitative estimate of drug-likeness (QED) is 0.290. The van der Waals surface area contributed by atoms with Crippen molar-refractivity contribution < 1.29 is 19.1 Å². The fourth-order valence-corrected chi connectivity index (χ4v) is 4.64. The summed E-state index contributed by atoms with van der Waals surface area (Å²) in [4.78, 5) is 18.1. The van der Waals surface area contributed by atoms with Crippen molar-refractivity contribution >= 4 is 40.2 Å². The molecule has 7 nitrogen and oxygen atoms in total. The van der Waals surface area contributed by atoms with E-state index in [0.29, 0.717) is 17.0 Å². The molecular weight excluding hydrogens is 466 g/mol. The van der Waals surface area contributed by atoms with Gasteiger partial charge in [-0.2, -0.15) is 0 Å². The molecule has 0 amide bonds. The van der Waals surface area contributed by atoms with Crippen molar-refractivity contribution in [1.29, 1.82) is 0 Å². The van der Waals surface area contributed by atoms with Crippen LogP contribution in [0.1, 0.15) is 24.4 Å². The van der Waals surface area contributed by atoms with E-state index in [0.717, 1.165) is 65.1 Å². The summed E-state index contributed by atoms with van der Waals surface area (Å²) < 4.78 is 14.0. The highest BCUT2D eigenvalue weighted by atomic mass is 35.5. The molecule has 1 aliphatic heterocycles. The standard InChI is InChI=1S/C26H22ClN3O2.CH2O2/c1-16-2-4-17(5-3-16)25-28-21-14-18(26-29-22-15-19(27)7-9-24(22)32-26)6-8-23(21)30(25)20-10-12-31-13-11-20;2-1-3/h2-9,14-15,20H,10-13H2,1H3;1H,(H,2,3). The highest BCUT2D eigenvalue weighted by Crippen LogP contribution is 2.35. The van der Waals surface area contributed by atoms with Crippen LogP contribution in [-0.2, 0) is 9.53 Å². The summed E-state index contributed by atoms with van der Waals surface area (Å²) in [6.45, 7) is 3.41. The van der Waals surface area contributed by atoms with E-state index in [1.165, 1.54) is 5.56 Å². The van der Waals surface area contributed by atoms with Crippen LogP contribution in [0.4, 0.5) is 0 Å². The van der Waals surface area contributed by atoms with Gasteiger partial charge < -0.3 is 18.8 Å². The molecule has 2 aromatic heterocycles. The first kappa shape index (κ1) is 23.1. The number of carboxylic acid groups (broad SMARTS) is 1. The Balaban J connectivity index is 0.000000806. The average Bonchev–Trinajstić information content (AvgIpc) is 3.46. The van der Waals surface area contributed by atoms with E-state index in [-0.39, 0.29) is 6.47 Å². The van der Waals surface area contributed by atoms with Crippen molar-refractivity contribution in [3.8, 4) is 22.8 Å². The average molecular weight is 490 g/mol. The van der Waals surface area contributed by atoms with E-state index in [2.05, 4.69) is 58.9 Å². The summed E-state index contributed by atoms with van der Waals surface area (Å²) >= 11 is 6.11. The number of aryl methyl sites for hydroxylation is 1. The molecule has 0 aliphatic carbocycles. The Labute approximate surface area is 206 Å². The number of fused-ring (bicyclic) bond motifs is 2. The fraction of sp³-hybridized carbons (Fsp3) is 0.222. The highest BCUT2D eigenvalue weighted by Gasteiger charge is 2.23. The van der Waals surface area contributed by atoms with Crippen molar-refractivity contribution in [2.45, 2.75) is 25.8 Å². The third-order valence-electron chi connectivity index (χ3n) is 6.15. The zero-order valence-electron chi connectivity index (χ0n) is 19.1. The normalized spacial score (nSPS) is 14.1. The second kappa shape index (κ2) is 9.90. The number of oxazole rings is 1. The van der Waals surface area contributed by atoms with Gasteiger partial charge in [0.25, 0.3) is 6.47 Å². The molecule has 1 fully saturated rings. The van der Waals surface area contributed by atoms with Crippen LogP contribution in [0.2, 0.25) is 5.02 Å². The van der Waals surface area contributed by atoms with Gasteiger partial charge in [0.15, 0.2) is 5.58 Å². The van der Waals surface area contributed by atoms with Gasteiger partial charge in [-0.15, -0.1) is 0 Å². The SMILES string of the molecule is Cc1ccc(-c2nc3cc(-c4nc5cc(Cl)ccc5o4)ccc3n2C2CCOCC2)cc1.O=CO. The topological polar surface area (TPSA) is 90.4 Å². The lowest BCUT2D eigenvalue weighted by Crippen LogP contribution is -2.20. The number of carbonyl (C=O) groups is 1. The third-order valence-corrected chi connectivity index (χ3v) is 6.39. The smallest absolute Gasteiger partial charge is 0.290 e. The molecule has 1 aliphatic rings. The predicted molar refractivity (Wildman–Crippen MR) is 136 cm³/mol. The van der Waals surface area contributed by atoms with Gasteiger partial charge in [-0.1, -0.05) is 41.4 Å². The molecule has 6 rings (SSSR count). The summed E-state index contributed by atoms with van der Waals surface area (Å²) in [7, 11) is 0. The predicted octanol–water partition coefficient (Wildman–Crippen LogP) is 6.53. The molecule has 3 heterocycles. The number of hydrogen-bond donors (Lipinski definition) is 1. The number of ether oxygens (including phenoxy) is 1. The van der Waals surface area contributed by atoms with Crippen molar-refractivity contribution in [2.75, 3.05) is 13.2 Å². The Morgan fingerprint density at radius 1 is 0.971 bits per heavy atom. The van der Waals surface area contributed by atoms with Gasteiger partial charge >= 0.3 is 0 Å². The first-order valence-corrected chi connectivity index (χ1v) is 11.8. The number of nitrogens with zero attached hydrogens (tertiary/aromatic N) is 3. The highest BCUT2D eigenvalue weighted by molar-refractivity contribution is 6.31. The molecule has 0 radical (unpaired) electrons. The lowest BCUT2D eigenvalue weighted by molar-refractivity contribution is -0.122. The lowest BCUT2D eigenvalue weighted by atomic mass is 10.1. The van der Waals surface area contributed by atoms with Crippen LogP contribution in [0.25, 0.3) is 45.0 Å². The molecule has 0 spiro atoms. The van der Waals surface area contributed by atoms with Crippen molar-refractivity contribution in [1.82, 2.24) is 14.5 Å². The van der Waals surface area contributed by atoms with E-state index in [9.17, 15) is 0 Å². The molecule has 0 saturated carbocycles. The largest absolute Gasteiger partial charge is 0.483 e. The summed E-state index contributed by atoms with van der Waals surface area (Å²) in [5.41, 5.74) is 6.78. The fourth-order valence-electron chi connectivity index (χ4n) is 4.48. The summed E-state index contributed by atoms with van der Waals surface area (Å²) in [5.74, 6) is 1.56. The minimum absolute atomic E-state index is 0.250. The van der Waals surface area contributed by atoms with E-state index < -0.39 is 0 Å².